The van der Waals surface area contributed by atoms with Crippen molar-refractivity contribution in [3.05, 3.63) is 0 Å². The SMILES string of the molecule is CCC(C)NC(C#N)CC(OC)OC. The minimum Gasteiger partial charge on any atom is -0.356 e. The first-order chi connectivity index (χ1) is 6.67. The monoisotopic (exact) mass is 200 g/mol. The molecular weight excluding hydrogens is 180 g/mol. The third-order valence-corrected chi connectivity index (χ3v) is 2.21. The molecule has 4 nitrogen and oxygen atoms in total. The normalized spacial score (nSPS) is 15.1. The van der Waals surface area contributed by atoms with Crippen molar-refractivity contribution >= 4 is 0 Å². The number of hydrogen-bond acceptors (Lipinski definition) is 4. The Morgan fingerprint density at radius 1 is 1.36 bits per heavy atom. The minimum atomic E-state index is -0.309. The lowest BCUT2D eigenvalue weighted by molar-refractivity contribution is -0.108. The Bertz CT molecular complexity index is 175. The van der Waals surface area contributed by atoms with Gasteiger partial charge in [-0.25, -0.2) is 0 Å². The van der Waals surface area contributed by atoms with Crippen LogP contribution in [0, 0.1) is 11.3 Å². The molecule has 0 rings (SSSR count). The second kappa shape index (κ2) is 7.74. The van der Waals surface area contributed by atoms with Crippen molar-refractivity contribution in [3.63, 3.8) is 0 Å². The van der Waals surface area contributed by atoms with Gasteiger partial charge in [-0.15, -0.1) is 0 Å². The van der Waals surface area contributed by atoms with Crippen molar-refractivity contribution in [3.8, 4) is 6.07 Å². The lowest BCUT2D eigenvalue weighted by atomic mass is 10.1. The fourth-order valence-electron chi connectivity index (χ4n) is 1.10. The molecule has 0 aromatic carbocycles. The van der Waals surface area contributed by atoms with Crippen LogP contribution in [0.1, 0.15) is 26.7 Å². The Labute approximate surface area is 86.2 Å². The fraction of sp³-hybridized carbons (Fsp3) is 0.900. The van der Waals surface area contributed by atoms with Gasteiger partial charge in [0.1, 0.15) is 6.04 Å². The maximum atomic E-state index is 8.89. The summed E-state index contributed by atoms with van der Waals surface area (Å²) in [6.07, 6.45) is 1.24. The van der Waals surface area contributed by atoms with Crippen LogP contribution in [0.3, 0.4) is 0 Å². The van der Waals surface area contributed by atoms with E-state index in [0.29, 0.717) is 12.5 Å². The summed E-state index contributed by atoms with van der Waals surface area (Å²) < 4.78 is 10.1. The van der Waals surface area contributed by atoms with Crippen LogP contribution in [-0.2, 0) is 9.47 Å². The zero-order valence-corrected chi connectivity index (χ0v) is 9.41. The van der Waals surface area contributed by atoms with Crippen LogP contribution in [0.4, 0.5) is 0 Å². The van der Waals surface area contributed by atoms with Crippen molar-refractivity contribution in [1.29, 1.82) is 5.26 Å². The summed E-state index contributed by atoms with van der Waals surface area (Å²) in [4.78, 5) is 0. The van der Waals surface area contributed by atoms with Crippen LogP contribution in [-0.4, -0.2) is 32.6 Å². The highest BCUT2D eigenvalue weighted by Crippen LogP contribution is 2.04. The third kappa shape index (κ3) is 5.18. The molecule has 14 heavy (non-hydrogen) atoms. The number of ether oxygens (including phenoxy) is 2. The topological polar surface area (TPSA) is 54.3 Å². The second-order valence-electron chi connectivity index (χ2n) is 3.29. The summed E-state index contributed by atoms with van der Waals surface area (Å²) in [5.41, 5.74) is 0. The van der Waals surface area contributed by atoms with Gasteiger partial charge in [-0.2, -0.15) is 5.26 Å². The van der Waals surface area contributed by atoms with Gasteiger partial charge in [-0.05, 0) is 13.3 Å². The van der Waals surface area contributed by atoms with Gasteiger partial charge in [0.05, 0.1) is 6.07 Å². The molecule has 2 unspecified atom stereocenters. The molecule has 0 aliphatic heterocycles. The Morgan fingerprint density at radius 2 is 1.93 bits per heavy atom. The molecule has 0 aliphatic carbocycles. The molecule has 0 saturated carbocycles. The van der Waals surface area contributed by atoms with Gasteiger partial charge in [0.2, 0.25) is 0 Å². The fourth-order valence-corrected chi connectivity index (χ4v) is 1.10. The number of nitrogens with one attached hydrogen (secondary N) is 1. The van der Waals surface area contributed by atoms with E-state index < -0.39 is 0 Å². The largest absolute Gasteiger partial charge is 0.356 e. The van der Waals surface area contributed by atoms with Gasteiger partial charge < -0.3 is 9.47 Å². The zero-order valence-electron chi connectivity index (χ0n) is 9.41. The highest BCUT2D eigenvalue weighted by molar-refractivity contribution is 4.91. The predicted octanol–water partition coefficient (Wildman–Crippen LogP) is 1.28. The molecule has 0 heterocycles. The number of rotatable bonds is 7. The van der Waals surface area contributed by atoms with E-state index in [-0.39, 0.29) is 12.3 Å². The van der Waals surface area contributed by atoms with Gasteiger partial charge >= 0.3 is 0 Å². The summed E-state index contributed by atoms with van der Waals surface area (Å²) in [5, 5.41) is 12.1. The molecule has 0 aromatic heterocycles. The maximum Gasteiger partial charge on any atom is 0.159 e. The highest BCUT2D eigenvalue weighted by Gasteiger charge is 2.16. The van der Waals surface area contributed by atoms with E-state index in [1.165, 1.54) is 0 Å². The molecule has 0 bridgehead atoms. The van der Waals surface area contributed by atoms with Gasteiger partial charge in [0, 0.05) is 26.7 Å². The summed E-state index contributed by atoms with van der Waals surface area (Å²) in [7, 11) is 3.15. The van der Waals surface area contributed by atoms with Crippen LogP contribution in [0.2, 0.25) is 0 Å². The number of hydrogen-bond donors (Lipinski definition) is 1. The van der Waals surface area contributed by atoms with Gasteiger partial charge in [-0.1, -0.05) is 6.92 Å². The van der Waals surface area contributed by atoms with Crippen LogP contribution >= 0.6 is 0 Å². The van der Waals surface area contributed by atoms with E-state index in [1.54, 1.807) is 14.2 Å². The van der Waals surface area contributed by atoms with Gasteiger partial charge in [-0.3, -0.25) is 5.32 Å². The lowest BCUT2D eigenvalue weighted by Gasteiger charge is -2.20. The molecule has 2 atom stereocenters. The first kappa shape index (κ1) is 13.4. The first-order valence-corrected chi connectivity index (χ1v) is 4.89. The quantitative estimate of drug-likeness (QED) is 0.629. The van der Waals surface area contributed by atoms with Crippen LogP contribution in [0.15, 0.2) is 0 Å². The zero-order chi connectivity index (χ0) is 11.0. The average molecular weight is 200 g/mol. The molecule has 0 aliphatic rings. The van der Waals surface area contributed by atoms with E-state index in [2.05, 4.69) is 25.2 Å². The van der Waals surface area contributed by atoms with Crippen molar-refractivity contribution < 1.29 is 9.47 Å². The smallest absolute Gasteiger partial charge is 0.159 e. The summed E-state index contributed by atoms with van der Waals surface area (Å²) in [6, 6.07) is 2.32. The molecule has 0 aromatic rings. The van der Waals surface area contributed by atoms with E-state index in [9.17, 15) is 0 Å². The third-order valence-electron chi connectivity index (χ3n) is 2.21. The average Bonchev–Trinajstić information content (AvgIpc) is 2.23. The number of methoxy groups -OCH3 is 2. The number of nitrogens with zero attached hydrogens (tertiary/aromatic N) is 1. The molecule has 0 saturated heterocycles. The first-order valence-electron chi connectivity index (χ1n) is 4.89. The molecule has 0 amide bonds. The maximum absolute atomic E-state index is 8.89. The van der Waals surface area contributed by atoms with Crippen molar-refractivity contribution in [2.45, 2.75) is 45.1 Å². The molecule has 0 spiro atoms. The number of nitriles is 1. The second-order valence-corrected chi connectivity index (χ2v) is 3.29. The summed E-state index contributed by atoms with van der Waals surface area (Å²) >= 11 is 0. The summed E-state index contributed by atoms with van der Waals surface area (Å²) in [6.45, 7) is 4.13. The molecule has 0 radical (unpaired) electrons. The molecule has 4 heteroatoms. The molecule has 1 N–H and O–H groups in total. The Morgan fingerprint density at radius 3 is 2.29 bits per heavy atom. The Kier molecular flexibility index (Phi) is 7.40. The van der Waals surface area contributed by atoms with Gasteiger partial charge in [0.25, 0.3) is 0 Å². The predicted molar refractivity (Wildman–Crippen MR) is 54.7 cm³/mol. The van der Waals surface area contributed by atoms with E-state index >= 15 is 0 Å². The standard InChI is InChI=1S/C10H20N2O2/c1-5-8(2)12-9(7-11)6-10(13-3)14-4/h8-10,12H,5-6H2,1-4H3. The van der Waals surface area contributed by atoms with Crippen molar-refractivity contribution in [1.82, 2.24) is 5.32 Å². The molecular formula is C10H20N2O2. The van der Waals surface area contributed by atoms with E-state index in [0.717, 1.165) is 6.42 Å². The molecule has 0 fully saturated rings. The minimum absolute atomic E-state index is 0.213. The Hall–Kier alpha value is -0.630. The van der Waals surface area contributed by atoms with Crippen LogP contribution < -0.4 is 5.32 Å². The van der Waals surface area contributed by atoms with Crippen LogP contribution in [0.25, 0.3) is 0 Å². The molecule has 82 valence electrons. The van der Waals surface area contributed by atoms with E-state index in [1.807, 2.05) is 0 Å². The lowest BCUT2D eigenvalue weighted by Crippen LogP contribution is -2.38. The van der Waals surface area contributed by atoms with Crippen molar-refractivity contribution in [2.24, 2.45) is 0 Å². The highest BCUT2D eigenvalue weighted by atomic mass is 16.7. The van der Waals surface area contributed by atoms with Crippen molar-refractivity contribution in [2.75, 3.05) is 14.2 Å². The van der Waals surface area contributed by atoms with Gasteiger partial charge in [0.15, 0.2) is 6.29 Å². The summed E-state index contributed by atoms with van der Waals surface area (Å²) in [5.74, 6) is 0. The van der Waals surface area contributed by atoms with Crippen LogP contribution in [0.5, 0.6) is 0 Å². The Balaban J connectivity index is 3.96. The van der Waals surface area contributed by atoms with E-state index in [4.69, 9.17) is 14.7 Å².